The summed E-state index contributed by atoms with van der Waals surface area (Å²) in [4.78, 5) is 0. The summed E-state index contributed by atoms with van der Waals surface area (Å²) >= 11 is 0. The van der Waals surface area contributed by atoms with E-state index in [9.17, 15) is 0 Å². The standard InChI is InChI=1S/C29H50/c1-19(2)9-10-21(4)24-11-12-25-23-14-15-27(6)18-20(3)13-16-28(27,7)26(23)17-22(5)29(24,25)8/h20-26H,1,9-18H2,2-8H3/t20-,21-,22+,23?,24?,25+,26+,27?,28?,29?/m1/s1. The highest BCUT2D eigenvalue weighted by Gasteiger charge is 2.65. The largest absolute Gasteiger partial charge is 0.100 e. The Labute approximate surface area is 182 Å². The second-order valence-electron chi connectivity index (χ2n) is 13.4. The van der Waals surface area contributed by atoms with Crippen LogP contribution in [0.25, 0.3) is 0 Å². The van der Waals surface area contributed by atoms with Crippen molar-refractivity contribution in [2.24, 2.45) is 57.7 Å². The van der Waals surface area contributed by atoms with Gasteiger partial charge in [0.05, 0.1) is 0 Å². The van der Waals surface area contributed by atoms with Gasteiger partial charge < -0.3 is 0 Å². The molecule has 0 heteroatoms. The van der Waals surface area contributed by atoms with Crippen molar-refractivity contribution in [2.75, 3.05) is 0 Å². The number of allylic oxidation sites excluding steroid dienone is 1. The summed E-state index contributed by atoms with van der Waals surface area (Å²) in [6.45, 7) is 22.3. The molecule has 0 heterocycles. The molecule has 0 N–H and O–H groups in total. The Bertz CT molecular complexity index is 632. The van der Waals surface area contributed by atoms with Crippen LogP contribution in [-0.4, -0.2) is 0 Å². The Morgan fingerprint density at radius 3 is 2.41 bits per heavy atom. The van der Waals surface area contributed by atoms with Gasteiger partial charge in [0, 0.05) is 0 Å². The number of fused-ring (bicyclic) bond motifs is 5. The second kappa shape index (κ2) is 7.41. The summed E-state index contributed by atoms with van der Waals surface area (Å²) in [5.41, 5.74) is 3.16. The molecule has 4 fully saturated rings. The van der Waals surface area contributed by atoms with Crippen LogP contribution in [0, 0.1) is 57.7 Å². The van der Waals surface area contributed by atoms with Crippen LogP contribution in [0.2, 0.25) is 0 Å². The Morgan fingerprint density at radius 2 is 1.72 bits per heavy atom. The van der Waals surface area contributed by atoms with Crippen LogP contribution in [0.4, 0.5) is 0 Å². The summed E-state index contributed by atoms with van der Waals surface area (Å²) in [6, 6.07) is 0. The summed E-state index contributed by atoms with van der Waals surface area (Å²) in [5, 5.41) is 0. The van der Waals surface area contributed by atoms with Crippen LogP contribution >= 0.6 is 0 Å². The highest BCUT2D eigenvalue weighted by atomic mass is 14.7. The van der Waals surface area contributed by atoms with Gasteiger partial charge in [-0.25, -0.2) is 0 Å². The zero-order valence-corrected chi connectivity index (χ0v) is 20.8. The van der Waals surface area contributed by atoms with Gasteiger partial charge in [0.15, 0.2) is 0 Å². The summed E-state index contributed by atoms with van der Waals surface area (Å²) < 4.78 is 0. The Morgan fingerprint density at radius 1 is 1.00 bits per heavy atom. The van der Waals surface area contributed by atoms with E-state index in [1.807, 2.05) is 0 Å². The summed E-state index contributed by atoms with van der Waals surface area (Å²) in [6.07, 6.45) is 14.6. The average molecular weight is 399 g/mol. The highest BCUT2D eigenvalue weighted by Crippen LogP contribution is 2.72. The molecule has 4 aliphatic rings. The quantitative estimate of drug-likeness (QED) is 0.415. The van der Waals surface area contributed by atoms with Crippen LogP contribution in [-0.2, 0) is 0 Å². The van der Waals surface area contributed by atoms with Crippen molar-refractivity contribution < 1.29 is 0 Å². The Kier molecular flexibility index (Phi) is 5.61. The first-order valence-electron chi connectivity index (χ1n) is 13.2. The highest BCUT2D eigenvalue weighted by molar-refractivity contribution is 5.14. The Hall–Kier alpha value is -0.260. The molecule has 0 bridgehead atoms. The van der Waals surface area contributed by atoms with Gasteiger partial charge in [0.2, 0.25) is 0 Å². The predicted molar refractivity (Wildman–Crippen MR) is 127 cm³/mol. The molecule has 0 aromatic carbocycles. The van der Waals surface area contributed by atoms with E-state index < -0.39 is 0 Å². The molecule has 29 heavy (non-hydrogen) atoms. The maximum absolute atomic E-state index is 4.18. The van der Waals surface area contributed by atoms with Gasteiger partial charge in [-0.15, -0.1) is 6.58 Å². The van der Waals surface area contributed by atoms with E-state index in [0.717, 1.165) is 41.4 Å². The molecule has 0 aromatic rings. The smallest absolute Gasteiger partial charge is 0.0238 e. The average Bonchev–Trinajstić information content (AvgIpc) is 3.01. The molecule has 0 spiro atoms. The third-order valence-corrected chi connectivity index (χ3v) is 12.0. The lowest BCUT2D eigenvalue weighted by Gasteiger charge is -2.67. The number of hydrogen-bond donors (Lipinski definition) is 0. The van der Waals surface area contributed by atoms with Gasteiger partial charge in [0.1, 0.15) is 0 Å². The maximum Gasteiger partial charge on any atom is -0.0238 e. The predicted octanol–water partition coefficient (Wildman–Crippen LogP) is 8.91. The van der Waals surface area contributed by atoms with Crippen molar-refractivity contribution in [1.29, 1.82) is 0 Å². The van der Waals surface area contributed by atoms with Gasteiger partial charge in [-0.2, -0.15) is 0 Å². The lowest BCUT2D eigenvalue weighted by atomic mass is 9.38. The van der Waals surface area contributed by atoms with Crippen LogP contribution in [0.5, 0.6) is 0 Å². The first-order valence-corrected chi connectivity index (χ1v) is 13.2. The van der Waals surface area contributed by atoms with E-state index in [2.05, 4.69) is 55.0 Å². The zero-order chi connectivity index (χ0) is 21.2. The van der Waals surface area contributed by atoms with Crippen LogP contribution in [0.1, 0.15) is 113 Å². The third kappa shape index (κ3) is 3.20. The van der Waals surface area contributed by atoms with Gasteiger partial charge in [-0.1, -0.05) is 53.5 Å². The fourth-order valence-corrected chi connectivity index (χ4v) is 9.92. The third-order valence-electron chi connectivity index (χ3n) is 12.0. The van der Waals surface area contributed by atoms with E-state index in [1.54, 1.807) is 0 Å². The minimum Gasteiger partial charge on any atom is -0.100 e. The second-order valence-corrected chi connectivity index (χ2v) is 13.4. The van der Waals surface area contributed by atoms with Gasteiger partial charge in [-0.3, -0.25) is 0 Å². The molecule has 0 saturated heterocycles. The molecule has 10 atom stereocenters. The molecule has 0 nitrogen and oxygen atoms in total. The lowest BCUT2D eigenvalue weighted by molar-refractivity contribution is -0.177. The molecule has 166 valence electrons. The molecule has 4 rings (SSSR count). The molecule has 0 amide bonds. The van der Waals surface area contributed by atoms with Crippen molar-refractivity contribution >= 4 is 0 Å². The molecule has 4 saturated carbocycles. The first kappa shape index (κ1) is 22.0. The first-order chi connectivity index (χ1) is 13.5. The SMILES string of the molecule is C=C(C)CC[C@@H](C)C1CC[C@H]2C3CCC4(C)C[C@H](C)CCC4(C)[C@H]3C[C@H](C)C12C. The Balaban J connectivity index is 1.59. The number of hydrogen-bond acceptors (Lipinski definition) is 0. The minimum absolute atomic E-state index is 0.585. The lowest BCUT2D eigenvalue weighted by Crippen LogP contribution is -2.59. The number of rotatable bonds is 4. The van der Waals surface area contributed by atoms with Crippen molar-refractivity contribution in [3.63, 3.8) is 0 Å². The van der Waals surface area contributed by atoms with E-state index in [0.29, 0.717) is 16.2 Å². The molecule has 0 radical (unpaired) electrons. The topological polar surface area (TPSA) is 0 Å². The zero-order valence-electron chi connectivity index (χ0n) is 20.8. The molecule has 0 aliphatic heterocycles. The summed E-state index contributed by atoms with van der Waals surface area (Å²) in [7, 11) is 0. The van der Waals surface area contributed by atoms with Gasteiger partial charge in [-0.05, 0) is 122 Å². The molecule has 0 aromatic heterocycles. The fraction of sp³-hybridized carbons (Fsp3) is 0.931. The summed E-state index contributed by atoms with van der Waals surface area (Å²) in [5.74, 6) is 6.64. The van der Waals surface area contributed by atoms with Crippen molar-refractivity contribution in [1.82, 2.24) is 0 Å². The van der Waals surface area contributed by atoms with Gasteiger partial charge in [0.25, 0.3) is 0 Å². The van der Waals surface area contributed by atoms with Crippen LogP contribution in [0.3, 0.4) is 0 Å². The van der Waals surface area contributed by atoms with E-state index in [4.69, 9.17) is 0 Å². The minimum atomic E-state index is 0.585. The van der Waals surface area contributed by atoms with E-state index >= 15 is 0 Å². The van der Waals surface area contributed by atoms with Crippen LogP contribution < -0.4 is 0 Å². The van der Waals surface area contributed by atoms with Crippen molar-refractivity contribution in [3.8, 4) is 0 Å². The van der Waals surface area contributed by atoms with Gasteiger partial charge >= 0.3 is 0 Å². The van der Waals surface area contributed by atoms with E-state index in [1.165, 1.54) is 69.8 Å². The normalized spacial score (nSPS) is 52.9. The fourth-order valence-electron chi connectivity index (χ4n) is 9.92. The molecular weight excluding hydrogens is 348 g/mol. The molecule has 5 unspecified atom stereocenters. The monoisotopic (exact) mass is 398 g/mol. The van der Waals surface area contributed by atoms with Crippen molar-refractivity contribution in [2.45, 2.75) is 113 Å². The maximum atomic E-state index is 4.18. The van der Waals surface area contributed by atoms with Crippen LogP contribution in [0.15, 0.2) is 12.2 Å². The molecular formula is C29H50. The molecule has 4 aliphatic carbocycles. The van der Waals surface area contributed by atoms with Crippen molar-refractivity contribution in [3.05, 3.63) is 12.2 Å². The van der Waals surface area contributed by atoms with E-state index in [-0.39, 0.29) is 0 Å².